The van der Waals surface area contributed by atoms with E-state index in [2.05, 4.69) is 27.2 Å². The highest BCUT2D eigenvalue weighted by atomic mass is 32.1. The Morgan fingerprint density at radius 3 is 2.31 bits per heavy atom. The van der Waals surface area contributed by atoms with Crippen LogP contribution in [0.25, 0.3) is 0 Å². The summed E-state index contributed by atoms with van der Waals surface area (Å²) in [5.41, 5.74) is 2.20. The van der Waals surface area contributed by atoms with E-state index < -0.39 is 5.97 Å². The molecule has 1 aliphatic rings. The molecule has 0 bridgehead atoms. The van der Waals surface area contributed by atoms with Gasteiger partial charge in [0.2, 0.25) is 0 Å². The Balaban J connectivity index is 1.76. The summed E-state index contributed by atoms with van der Waals surface area (Å²) in [4.78, 5) is 32.2. The van der Waals surface area contributed by atoms with Gasteiger partial charge in [-0.1, -0.05) is 18.2 Å². The number of hydrogen-bond donors (Lipinski definition) is 1. The van der Waals surface area contributed by atoms with Crippen LogP contribution in [0.15, 0.2) is 30.3 Å². The lowest BCUT2D eigenvalue weighted by Gasteiger charge is -2.37. The molecule has 1 aromatic heterocycles. The molecule has 1 amide bonds. The van der Waals surface area contributed by atoms with Crippen LogP contribution in [0.3, 0.4) is 0 Å². The number of rotatable bonds is 6. The van der Waals surface area contributed by atoms with E-state index in [-0.39, 0.29) is 5.91 Å². The number of nitrogens with zero attached hydrogens (tertiary/aromatic N) is 3. The van der Waals surface area contributed by atoms with E-state index in [0.717, 1.165) is 26.2 Å². The Morgan fingerprint density at radius 2 is 1.75 bits per heavy atom. The van der Waals surface area contributed by atoms with Gasteiger partial charge in [-0.2, -0.15) is 0 Å². The molecule has 0 unspecified atom stereocenters. The Hall–Kier alpha value is -2.65. The number of benzene rings is 1. The topological polar surface area (TPSA) is 65.1 Å². The number of nitrogens with one attached hydrogen (secondary N) is 1. The molecule has 0 saturated carbocycles. The van der Waals surface area contributed by atoms with Crippen LogP contribution >= 0.6 is 23.6 Å². The summed E-state index contributed by atoms with van der Waals surface area (Å²) < 4.78 is 4.99. The van der Waals surface area contributed by atoms with Crippen molar-refractivity contribution in [3.05, 3.63) is 46.3 Å². The number of amides is 1. The maximum Gasteiger partial charge on any atom is 0.341 e. The first kappa shape index (κ1) is 24.0. The SMILES string of the molecule is CCN(CC)C(=O)c1sc(NC(=S)N2CCN(c3ccccc3)CC2)c(C(=O)OC)c1C. The molecule has 0 atom stereocenters. The predicted molar refractivity (Wildman–Crippen MR) is 134 cm³/mol. The summed E-state index contributed by atoms with van der Waals surface area (Å²) in [5.74, 6) is -0.561. The van der Waals surface area contributed by atoms with E-state index in [0.29, 0.717) is 39.2 Å². The quantitative estimate of drug-likeness (QED) is 0.504. The van der Waals surface area contributed by atoms with Crippen LogP contribution in [0.5, 0.6) is 0 Å². The molecule has 1 aliphatic heterocycles. The molecule has 0 aliphatic carbocycles. The van der Waals surface area contributed by atoms with Gasteiger partial charge < -0.3 is 24.8 Å². The standard InChI is InChI=1S/C23H30N4O3S2/c1-5-25(6-2)21(28)19-16(3)18(22(29)30-4)20(32-19)24-23(31)27-14-12-26(13-15-27)17-10-8-7-9-11-17/h7-11H,5-6,12-15H2,1-4H3,(H,24,31). The zero-order valence-corrected chi connectivity index (χ0v) is 20.6. The maximum absolute atomic E-state index is 13.0. The van der Waals surface area contributed by atoms with E-state index in [1.807, 2.05) is 32.0 Å². The first-order chi connectivity index (χ1) is 15.4. The van der Waals surface area contributed by atoms with Crippen molar-refractivity contribution in [2.24, 2.45) is 0 Å². The fourth-order valence-corrected chi connectivity index (χ4v) is 5.30. The van der Waals surface area contributed by atoms with Crippen molar-refractivity contribution in [3.8, 4) is 0 Å². The number of carbonyl (C=O) groups excluding carboxylic acids is 2. The smallest absolute Gasteiger partial charge is 0.341 e. The van der Waals surface area contributed by atoms with Crippen LogP contribution in [0.4, 0.5) is 10.7 Å². The molecule has 2 aromatic rings. The van der Waals surface area contributed by atoms with Crippen molar-refractivity contribution in [1.29, 1.82) is 0 Å². The van der Waals surface area contributed by atoms with Crippen molar-refractivity contribution >= 4 is 51.2 Å². The van der Waals surface area contributed by atoms with E-state index in [1.54, 1.807) is 11.8 Å². The molecule has 1 saturated heterocycles. The second-order valence-corrected chi connectivity index (χ2v) is 8.88. The van der Waals surface area contributed by atoms with Crippen molar-refractivity contribution in [3.63, 3.8) is 0 Å². The van der Waals surface area contributed by atoms with Crippen LogP contribution in [-0.4, -0.2) is 73.2 Å². The van der Waals surface area contributed by atoms with Gasteiger partial charge in [0.05, 0.1) is 17.6 Å². The van der Waals surface area contributed by atoms with Crippen molar-refractivity contribution in [1.82, 2.24) is 9.80 Å². The summed E-state index contributed by atoms with van der Waals surface area (Å²) in [5, 5.41) is 4.33. The van der Waals surface area contributed by atoms with Crippen LogP contribution < -0.4 is 10.2 Å². The molecule has 0 radical (unpaired) electrons. The number of piperazine rings is 1. The Kier molecular flexibility index (Phi) is 8.09. The van der Waals surface area contributed by atoms with Gasteiger partial charge in [-0.05, 0) is 50.7 Å². The third kappa shape index (κ3) is 5.05. The Morgan fingerprint density at radius 1 is 1.12 bits per heavy atom. The number of carbonyl (C=O) groups is 2. The highest BCUT2D eigenvalue weighted by Crippen LogP contribution is 2.35. The van der Waals surface area contributed by atoms with Gasteiger partial charge in [-0.15, -0.1) is 11.3 Å². The van der Waals surface area contributed by atoms with E-state index in [4.69, 9.17) is 17.0 Å². The van der Waals surface area contributed by atoms with Gasteiger partial charge in [-0.25, -0.2) is 4.79 Å². The zero-order chi connectivity index (χ0) is 23.3. The zero-order valence-electron chi connectivity index (χ0n) is 19.0. The van der Waals surface area contributed by atoms with E-state index in [9.17, 15) is 9.59 Å². The van der Waals surface area contributed by atoms with Crippen molar-refractivity contribution in [2.45, 2.75) is 20.8 Å². The molecule has 1 aromatic carbocycles. The highest BCUT2D eigenvalue weighted by molar-refractivity contribution is 7.80. The summed E-state index contributed by atoms with van der Waals surface area (Å²) in [7, 11) is 1.34. The third-order valence-electron chi connectivity index (χ3n) is 5.69. The summed E-state index contributed by atoms with van der Waals surface area (Å²) in [6, 6.07) is 10.3. The van der Waals surface area contributed by atoms with Gasteiger partial charge in [0, 0.05) is 45.0 Å². The van der Waals surface area contributed by atoms with Crippen LogP contribution in [0.1, 0.15) is 39.4 Å². The summed E-state index contributed by atoms with van der Waals surface area (Å²) in [6.07, 6.45) is 0. The number of hydrogen-bond acceptors (Lipinski definition) is 6. The van der Waals surface area contributed by atoms with Crippen LogP contribution in [0, 0.1) is 6.92 Å². The molecule has 1 N–H and O–H groups in total. The Labute approximate surface area is 198 Å². The highest BCUT2D eigenvalue weighted by Gasteiger charge is 2.28. The van der Waals surface area contributed by atoms with Gasteiger partial charge in [0.15, 0.2) is 5.11 Å². The largest absolute Gasteiger partial charge is 0.465 e. The number of esters is 1. The molecule has 7 nitrogen and oxygen atoms in total. The van der Waals surface area contributed by atoms with Crippen LogP contribution in [0.2, 0.25) is 0 Å². The Bertz CT molecular complexity index is 965. The maximum atomic E-state index is 13.0. The number of methoxy groups -OCH3 is 1. The lowest BCUT2D eigenvalue weighted by Crippen LogP contribution is -2.50. The monoisotopic (exact) mass is 474 g/mol. The van der Waals surface area contributed by atoms with Crippen LogP contribution in [-0.2, 0) is 4.74 Å². The number of thiocarbonyl (C=S) groups is 1. The lowest BCUT2D eigenvalue weighted by molar-refractivity contribution is 0.0601. The van der Waals surface area contributed by atoms with Gasteiger partial charge in [0.1, 0.15) is 5.00 Å². The predicted octanol–water partition coefficient (Wildman–Crippen LogP) is 3.84. The molecule has 3 rings (SSSR count). The normalized spacial score (nSPS) is 13.6. The van der Waals surface area contributed by atoms with E-state index in [1.165, 1.54) is 24.1 Å². The van der Waals surface area contributed by atoms with E-state index >= 15 is 0 Å². The van der Waals surface area contributed by atoms with Crippen molar-refractivity contribution in [2.75, 3.05) is 56.6 Å². The fraction of sp³-hybridized carbons (Fsp3) is 0.435. The lowest BCUT2D eigenvalue weighted by atomic mass is 10.1. The summed E-state index contributed by atoms with van der Waals surface area (Å²) in [6.45, 7) is 10.1. The summed E-state index contributed by atoms with van der Waals surface area (Å²) >= 11 is 6.92. The van der Waals surface area contributed by atoms with Gasteiger partial charge >= 0.3 is 5.97 Å². The minimum Gasteiger partial charge on any atom is -0.465 e. The average Bonchev–Trinajstić information content (AvgIpc) is 3.15. The minimum atomic E-state index is -0.475. The number of para-hydroxylation sites is 1. The molecule has 172 valence electrons. The first-order valence-electron chi connectivity index (χ1n) is 10.8. The second kappa shape index (κ2) is 10.8. The number of thiophene rings is 1. The fourth-order valence-electron chi connectivity index (χ4n) is 3.79. The first-order valence-corrected chi connectivity index (χ1v) is 12.0. The average molecular weight is 475 g/mol. The number of anilines is 2. The second-order valence-electron chi connectivity index (χ2n) is 7.47. The molecule has 0 spiro atoms. The molecule has 1 fully saturated rings. The molecule has 32 heavy (non-hydrogen) atoms. The van der Waals surface area contributed by atoms with Gasteiger partial charge in [-0.3, -0.25) is 4.79 Å². The molecular formula is C23H30N4O3S2. The molecule has 9 heteroatoms. The third-order valence-corrected chi connectivity index (χ3v) is 7.25. The van der Waals surface area contributed by atoms with Crippen molar-refractivity contribution < 1.29 is 14.3 Å². The molecule has 2 heterocycles. The number of ether oxygens (including phenoxy) is 1. The van der Waals surface area contributed by atoms with Gasteiger partial charge in [0.25, 0.3) is 5.91 Å². The minimum absolute atomic E-state index is 0.0851. The molecular weight excluding hydrogens is 444 g/mol.